The summed E-state index contributed by atoms with van der Waals surface area (Å²) in [6, 6.07) is 38.6. The molecule has 1 unspecified atom stereocenters. The molecular weight excluding hydrogens is 719 g/mol. The molecule has 0 fully saturated rings. The topological polar surface area (TPSA) is 0 Å². The number of fused-ring (bicyclic) bond motifs is 4. The summed E-state index contributed by atoms with van der Waals surface area (Å²) in [7, 11) is 15.4. The maximum atomic E-state index is 8.04. The van der Waals surface area contributed by atoms with Crippen LogP contribution in [0.3, 0.4) is 0 Å². The van der Waals surface area contributed by atoms with Crippen LogP contribution in [0.5, 0.6) is 0 Å². The van der Waals surface area contributed by atoms with Crippen LogP contribution < -0.4 is 13.6 Å². The zero-order chi connectivity index (χ0) is 34.2. The molecule has 1 aliphatic heterocycles. The van der Waals surface area contributed by atoms with Gasteiger partial charge in [0.05, 0.1) is 0 Å². The summed E-state index contributed by atoms with van der Waals surface area (Å²) < 4.78 is 1.33. The molecule has 0 bridgehead atoms. The molecule has 0 amide bonds. The Labute approximate surface area is 302 Å². The normalized spacial score (nSPS) is 16.2. The Bertz CT molecular complexity index is 2040. The van der Waals surface area contributed by atoms with Gasteiger partial charge in [-0.1, -0.05) is 0 Å². The average Bonchev–Trinajstić information content (AvgIpc) is 3.63. The first-order chi connectivity index (χ1) is 22.7. The molecule has 1 aliphatic carbocycles. The van der Waals surface area contributed by atoms with Crippen LogP contribution in [-0.4, -0.2) is 9.52 Å². The van der Waals surface area contributed by atoms with Crippen molar-refractivity contribution in [3.8, 4) is 33.4 Å². The van der Waals surface area contributed by atoms with Crippen molar-refractivity contribution in [2.24, 2.45) is 5.92 Å². The number of rotatable bonds is 5. The summed E-state index contributed by atoms with van der Waals surface area (Å²) >= 11 is -4.13. The Balaban J connectivity index is 1.49. The summed E-state index contributed by atoms with van der Waals surface area (Å²) in [4.78, 5) is 0. The Morgan fingerprint density at radius 2 is 1.27 bits per heavy atom. The summed E-state index contributed by atoms with van der Waals surface area (Å²) in [6.45, 7) is 18.6. The van der Waals surface area contributed by atoms with Crippen molar-refractivity contribution >= 4 is 46.3 Å². The number of allylic oxidation sites excluding steroid dienone is 1. The summed E-state index contributed by atoms with van der Waals surface area (Å²) in [6.07, 6.45) is 2.48. The van der Waals surface area contributed by atoms with Gasteiger partial charge in [0.25, 0.3) is 0 Å². The molecule has 7 rings (SSSR count). The van der Waals surface area contributed by atoms with E-state index in [9.17, 15) is 0 Å². The van der Waals surface area contributed by atoms with Crippen LogP contribution in [0.4, 0.5) is 0 Å². The third-order valence-electron chi connectivity index (χ3n) is 10.5. The molecule has 0 saturated heterocycles. The Morgan fingerprint density at radius 1 is 0.646 bits per heavy atom. The SMILES string of the molecule is CC(C)C1=Cc2c(ccc(-c3ccccc3)c2-c2cc(C(C)(C)C)cc(C(C)(C)C)c2)[CH]1[Zr]([Cl])([Cl])[c]1cccc2c1[SiH2]c1ccccc1-2. The van der Waals surface area contributed by atoms with Gasteiger partial charge in [-0.05, 0) is 0 Å². The molecule has 0 aromatic heterocycles. The number of hydrogen-bond acceptors (Lipinski definition) is 0. The molecule has 5 aromatic carbocycles. The second-order valence-electron chi connectivity index (χ2n) is 16.2. The molecule has 4 heteroatoms. The van der Waals surface area contributed by atoms with Crippen molar-refractivity contribution in [3.63, 3.8) is 0 Å². The van der Waals surface area contributed by atoms with E-state index >= 15 is 0 Å². The molecule has 0 N–H and O–H groups in total. The first kappa shape index (κ1) is 34.0. The third kappa shape index (κ3) is 5.90. The fourth-order valence-electron chi connectivity index (χ4n) is 7.81. The molecule has 1 atom stereocenters. The van der Waals surface area contributed by atoms with Crippen LogP contribution >= 0.6 is 17.0 Å². The van der Waals surface area contributed by atoms with E-state index in [1.54, 1.807) is 0 Å². The van der Waals surface area contributed by atoms with Crippen LogP contribution in [0.2, 0.25) is 0 Å². The zero-order valence-electron chi connectivity index (χ0n) is 29.5. The van der Waals surface area contributed by atoms with Gasteiger partial charge >= 0.3 is 304 Å². The predicted molar refractivity (Wildman–Crippen MR) is 211 cm³/mol. The van der Waals surface area contributed by atoms with Crippen molar-refractivity contribution in [2.75, 3.05) is 0 Å². The van der Waals surface area contributed by atoms with Gasteiger partial charge in [0.15, 0.2) is 0 Å². The summed E-state index contributed by atoms with van der Waals surface area (Å²) in [5.74, 6) is 0.321. The van der Waals surface area contributed by atoms with Gasteiger partial charge < -0.3 is 0 Å². The first-order valence-corrected chi connectivity index (χ1v) is 27.7. The average molecular weight is 765 g/mol. The van der Waals surface area contributed by atoms with Gasteiger partial charge in [0, 0.05) is 0 Å². The van der Waals surface area contributed by atoms with Crippen LogP contribution in [0.25, 0.3) is 39.5 Å². The van der Waals surface area contributed by atoms with E-state index in [2.05, 4.69) is 165 Å². The van der Waals surface area contributed by atoms with Crippen LogP contribution in [0, 0.1) is 5.92 Å². The van der Waals surface area contributed by atoms with Crippen LogP contribution in [0.1, 0.15) is 81.3 Å². The minimum absolute atomic E-state index is 0.00930. The molecular formula is C44H46Cl2SiZr. The molecule has 0 radical (unpaired) electrons. The molecule has 48 heavy (non-hydrogen) atoms. The first-order valence-electron chi connectivity index (χ1n) is 17.3. The van der Waals surface area contributed by atoms with E-state index in [1.165, 1.54) is 74.9 Å². The Kier molecular flexibility index (Phi) is 8.77. The van der Waals surface area contributed by atoms with Gasteiger partial charge in [0.1, 0.15) is 0 Å². The minimum atomic E-state index is -4.13. The number of benzene rings is 5. The Hall–Kier alpha value is -2.48. The second kappa shape index (κ2) is 12.4. The van der Waals surface area contributed by atoms with Crippen molar-refractivity contribution < 1.29 is 17.9 Å². The van der Waals surface area contributed by atoms with E-state index in [-0.39, 0.29) is 14.5 Å². The van der Waals surface area contributed by atoms with Crippen molar-refractivity contribution in [1.29, 1.82) is 0 Å². The number of halogens is 2. The predicted octanol–water partition coefficient (Wildman–Crippen LogP) is 10.6. The zero-order valence-corrected chi connectivity index (χ0v) is 34.9. The Morgan fingerprint density at radius 3 is 1.92 bits per heavy atom. The van der Waals surface area contributed by atoms with E-state index in [0.717, 1.165) is 0 Å². The van der Waals surface area contributed by atoms with Gasteiger partial charge in [-0.3, -0.25) is 0 Å². The van der Waals surface area contributed by atoms with Crippen molar-refractivity contribution in [1.82, 2.24) is 0 Å². The van der Waals surface area contributed by atoms with Crippen LogP contribution in [0.15, 0.2) is 109 Å². The molecule has 0 saturated carbocycles. The molecule has 244 valence electrons. The summed E-state index contributed by atoms with van der Waals surface area (Å²) in [5.41, 5.74) is 14.5. The molecule has 1 heterocycles. The fourth-order valence-corrected chi connectivity index (χ4v) is 24.9. The van der Waals surface area contributed by atoms with Crippen LogP contribution in [-0.2, 0) is 28.7 Å². The molecule has 5 aromatic rings. The van der Waals surface area contributed by atoms with Gasteiger partial charge in [-0.15, -0.1) is 0 Å². The van der Waals surface area contributed by atoms with Gasteiger partial charge in [0.2, 0.25) is 0 Å². The molecule has 2 aliphatic rings. The monoisotopic (exact) mass is 762 g/mol. The van der Waals surface area contributed by atoms with E-state index in [1.807, 2.05) is 0 Å². The van der Waals surface area contributed by atoms with E-state index in [0.29, 0.717) is 5.92 Å². The maximum absolute atomic E-state index is 8.04. The van der Waals surface area contributed by atoms with Gasteiger partial charge in [-0.2, -0.15) is 0 Å². The molecule has 0 spiro atoms. The number of hydrogen-bond donors (Lipinski definition) is 0. The third-order valence-corrected chi connectivity index (χ3v) is 24.8. The van der Waals surface area contributed by atoms with Crippen molar-refractivity contribution in [3.05, 3.63) is 131 Å². The van der Waals surface area contributed by atoms with E-state index in [4.69, 9.17) is 17.0 Å². The summed E-state index contributed by atoms with van der Waals surface area (Å²) in [5, 5.41) is 2.98. The van der Waals surface area contributed by atoms with Gasteiger partial charge in [-0.25, -0.2) is 0 Å². The fraction of sp³-hybridized carbons (Fsp3) is 0.273. The second-order valence-corrected chi connectivity index (χ2v) is 32.0. The van der Waals surface area contributed by atoms with E-state index < -0.39 is 27.4 Å². The quantitative estimate of drug-likeness (QED) is 0.153. The molecule has 0 nitrogen and oxygen atoms in total. The van der Waals surface area contributed by atoms with Crippen molar-refractivity contribution in [2.45, 2.75) is 69.8 Å². The standard InChI is InChI=1S/C32H37.C12H9Si.2ClH.Zr/c1-21(2)24-16-23-14-15-28(22-12-10-9-11-13-22)30(29(23)19-24)25-17-26(31(3,4)5)20-27(18-25)32(6,7)8;1-3-7-11-9(5-1)10-6-2-4-8-12(10)13-11;;;/h9-21H,1-8H3;1-7H,13H2;2*1H;/q;;;;+2/p-2.